The van der Waals surface area contributed by atoms with Gasteiger partial charge in [-0.15, -0.1) is 0 Å². The third-order valence-electron chi connectivity index (χ3n) is 3.09. The number of benzene rings is 1. The monoisotopic (exact) mass is 261 g/mol. The summed E-state index contributed by atoms with van der Waals surface area (Å²) in [4.78, 5) is 23.4. The van der Waals surface area contributed by atoms with Crippen LogP contribution in [0, 0.1) is 5.92 Å². The lowest BCUT2D eigenvalue weighted by atomic mass is 10.1. The first-order chi connectivity index (χ1) is 9.10. The van der Waals surface area contributed by atoms with E-state index in [0.29, 0.717) is 12.1 Å². The van der Waals surface area contributed by atoms with Gasteiger partial charge in [0.05, 0.1) is 0 Å². The Balaban J connectivity index is 1.93. The van der Waals surface area contributed by atoms with E-state index in [2.05, 4.69) is 10.6 Å². The summed E-state index contributed by atoms with van der Waals surface area (Å²) in [6.45, 7) is 2.25. The number of carbonyl (C=O) groups excluding carboxylic acids is 2. The molecule has 0 radical (unpaired) electrons. The van der Waals surface area contributed by atoms with Gasteiger partial charge in [0.1, 0.15) is 0 Å². The molecule has 1 atom stereocenters. The SMILES string of the molecule is C[C@@H](CN)NC(=O)c1ccc(NC(=O)C2CC2)cc1. The average molecular weight is 261 g/mol. The standard InChI is InChI=1S/C14H19N3O2/c1-9(8-15)16-13(18)11-4-6-12(7-5-11)17-14(19)10-2-3-10/h4-7,9-10H,2-3,8,15H2,1H3,(H,16,18)(H,17,19)/t9-/m0/s1. The molecule has 1 aromatic carbocycles. The van der Waals surface area contributed by atoms with Crippen LogP contribution >= 0.6 is 0 Å². The molecule has 2 amide bonds. The summed E-state index contributed by atoms with van der Waals surface area (Å²) in [5.74, 6) is 0.0837. The maximum absolute atomic E-state index is 11.8. The molecule has 1 saturated carbocycles. The van der Waals surface area contributed by atoms with E-state index in [0.717, 1.165) is 18.5 Å². The Morgan fingerprint density at radius 1 is 1.32 bits per heavy atom. The smallest absolute Gasteiger partial charge is 0.251 e. The molecule has 0 aromatic heterocycles. The summed E-state index contributed by atoms with van der Waals surface area (Å²) in [5.41, 5.74) is 6.73. The van der Waals surface area contributed by atoms with Crippen molar-refractivity contribution in [3.05, 3.63) is 29.8 Å². The van der Waals surface area contributed by atoms with Gasteiger partial charge in [-0.25, -0.2) is 0 Å². The van der Waals surface area contributed by atoms with Gasteiger partial charge >= 0.3 is 0 Å². The van der Waals surface area contributed by atoms with E-state index < -0.39 is 0 Å². The molecule has 1 fully saturated rings. The third kappa shape index (κ3) is 3.79. The minimum atomic E-state index is -0.155. The molecule has 0 aliphatic heterocycles. The molecule has 0 bridgehead atoms. The molecule has 0 spiro atoms. The van der Waals surface area contributed by atoms with Gasteiger partial charge in [-0.3, -0.25) is 9.59 Å². The lowest BCUT2D eigenvalue weighted by Gasteiger charge is -2.11. The molecule has 0 unspecified atom stereocenters. The zero-order valence-electron chi connectivity index (χ0n) is 11.0. The number of rotatable bonds is 5. The van der Waals surface area contributed by atoms with Crippen LogP contribution in [0.5, 0.6) is 0 Å². The highest BCUT2D eigenvalue weighted by Crippen LogP contribution is 2.30. The van der Waals surface area contributed by atoms with E-state index in [1.807, 2.05) is 6.92 Å². The topological polar surface area (TPSA) is 84.2 Å². The van der Waals surface area contributed by atoms with Crippen LogP contribution in [0.1, 0.15) is 30.1 Å². The zero-order valence-corrected chi connectivity index (χ0v) is 11.0. The maximum Gasteiger partial charge on any atom is 0.251 e. The van der Waals surface area contributed by atoms with Gasteiger partial charge in [-0.2, -0.15) is 0 Å². The van der Waals surface area contributed by atoms with Gasteiger partial charge in [-0.05, 0) is 44.0 Å². The van der Waals surface area contributed by atoms with Gasteiger partial charge in [-0.1, -0.05) is 0 Å². The predicted molar refractivity (Wildman–Crippen MR) is 73.8 cm³/mol. The van der Waals surface area contributed by atoms with E-state index in [-0.39, 0.29) is 23.8 Å². The number of carbonyl (C=O) groups is 2. The summed E-state index contributed by atoms with van der Waals surface area (Å²) in [6.07, 6.45) is 1.95. The van der Waals surface area contributed by atoms with Gasteiger partial charge in [0.15, 0.2) is 0 Å². The number of anilines is 1. The van der Waals surface area contributed by atoms with Crippen molar-refractivity contribution in [2.45, 2.75) is 25.8 Å². The predicted octanol–water partition coefficient (Wildman–Crippen LogP) is 1.11. The molecular formula is C14H19N3O2. The fraction of sp³-hybridized carbons (Fsp3) is 0.429. The van der Waals surface area contributed by atoms with Crippen LogP contribution in [-0.4, -0.2) is 24.4 Å². The van der Waals surface area contributed by atoms with Crippen molar-refractivity contribution in [2.24, 2.45) is 11.7 Å². The Morgan fingerprint density at radius 2 is 1.95 bits per heavy atom. The van der Waals surface area contributed by atoms with Crippen molar-refractivity contribution in [3.8, 4) is 0 Å². The molecule has 5 nitrogen and oxygen atoms in total. The Labute approximate surface area is 112 Å². The minimum absolute atomic E-state index is 0.0539. The number of hydrogen-bond acceptors (Lipinski definition) is 3. The fourth-order valence-electron chi connectivity index (χ4n) is 1.66. The fourth-order valence-corrected chi connectivity index (χ4v) is 1.66. The maximum atomic E-state index is 11.8. The summed E-state index contributed by atoms with van der Waals surface area (Å²) >= 11 is 0. The van der Waals surface area contributed by atoms with Crippen molar-refractivity contribution >= 4 is 17.5 Å². The zero-order chi connectivity index (χ0) is 13.8. The molecule has 4 N–H and O–H groups in total. The molecule has 0 saturated heterocycles. The van der Waals surface area contributed by atoms with Crippen LogP contribution < -0.4 is 16.4 Å². The van der Waals surface area contributed by atoms with Gasteiger partial charge in [0, 0.05) is 29.8 Å². The highest BCUT2D eigenvalue weighted by atomic mass is 16.2. The Kier molecular flexibility index (Phi) is 4.16. The highest BCUT2D eigenvalue weighted by Gasteiger charge is 2.29. The lowest BCUT2D eigenvalue weighted by Crippen LogP contribution is -2.37. The number of nitrogens with two attached hydrogens (primary N) is 1. The van der Waals surface area contributed by atoms with Crippen LogP contribution in [0.15, 0.2) is 24.3 Å². The number of nitrogens with one attached hydrogen (secondary N) is 2. The first kappa shape index (κ1) is 13.5. The first-order valence-corrected chi connectivity index (χ1v) is 6.52. The van der Waals surface area contributed by atoms with E-state index in [1.165, 1.54) is 0 Å². The van der Waals surface area contributed by atoms with Gasteiger partial charge in [0.25, 0.3) is 5.91 Å². The molecule has 102 valence electrons. The van der Waals surface area contributed by atoms with Crippen molar-refractivity contribution in [1.29, 1.82) is 0 Å². The van der Waals surface area contributed by atoms with Gasteiger partial charge in [0.2, 0.25) is 5.91 Å². The van der Waals surface area contributed by atoms with Crippen LogP contribution in [0.2, 0.25) is 0 Å². The molecule has 2 rings (SSSR count). The molecule has 0 heterocycles. The largest absolute Gasteiger partial charge is 0.348 e. The average Bonchev–Trinajstić information content (AvgIpc) is 3.23. The quantitative estimate of drug-likeness (QED) is 0.742. The van der Waals surface area contributed by atoms with E-state index in [9.17, 15) is 9.59 Å². The third-order valence-corrected chi connectivity index (χ3v) is 3.09. The molecule has 19 heavy (non-hydrogen) atoms. The number of hydrogen-bond donors (Lipinski definition) is 3. The molecule has 5 heteroatoms. The van der Waals surface area contributed by atoms with Gasteiger partial charge < -0.3 is 16.4 Å². The summed E-state index contributed by atoms with van der Waals surface area (Å²) < 4.78 is 0. The second-order valence-electron chi connectivity index (χ2n) is 4.95. The van der Waals surface area contributed by atoms with Crippen LogP contribution in [0.25, 0.3) is 0 Å². The molecule has 1 aliphatic carbocycles. The molecular weight excluding hydrogens is 242 g/mol. The highest BCUT2D eigenvalue weighted by molar-refractivity contribution is 5.96. The normalized spacial score (nSPS) is 15.7. The van der Waals surface area contributed by atoms with Crippen LogP contribution in [0.3, 0.4) is 0 Å². The number of amides is 2. The summed E-state index contributed by atoms with van der Waals surface area (Å²) in [7, 11) is 0. The summed E-state index contributed by atoms with van der Waals surface area (Å²) in [6, 6.07) is 6.81. The molecule has 1 aliphatic rings. The van der Waals surface area contributed by atoms with Crippen LogP contribution in [-0.2, 0) is 4.79 Å². The minimum Gasteiger partial charge on any atom is -0.348 e. The van der Waals surface area contributed by atoms with E-state index >= 15 is 0 Å². The van der Waals surface area contributed by atoms with Crippen molar-refractivity contribution < 1.29 is 9.59 Å². The Bertz CT molecular complexity index is 466. The Morgan fingerprint density at radius 3 is 2.47 bits per heavy atom. The van der Waals surface area contributed by atoms with E-state index in [1.54, 1.807) is 24.3 Å². The first-order valence-electron chi connectivity index (χ1n) is 6.52. The Hall–Kier alpha value is -1.88. The lowest BCUT2D eigenvalue weighted by molar-refractivity contribution is -0.117. The second kappa shape index (κ2) is 5.84. The van der Waals surface area contributed by atoms with Crippen molar-refractivity contribution in [2.75, 3.05) is 11.9 Å². The van der Waals surface area contributed by atoms with Crippen molar-refractivity contribution in [1.82, 2.24) is 5.32 Å². The van der Waals surface area contributed by atoms with Crippen molar-refractivity contribution in [3.63, 3.8) is 0 Å². The molecule has 1 aromatic rings. The van der Waals surface area contributed by atoms with E-state index in [4.69, 9.17) is 5.73 Å². The summed E-state index contributed by atoms with van der Waals surface area (Å²) in [5, 5.41) is 5.61. The second-order valence-corrected chi connectivity index (χ2v) is 4.95. The van der Waals surface area contributed by atoms with Crippen LogP contribution in [0.4, 0.5) is 5.69 Å².